The number of aldehydes is 1. The molecular weight excluding hydrogens is 188 g/mol. The summed E-state index contributed by atoms with van der Waals surface area (Å²) < 4.78 is 0. The fraction of sp³-hybridized carbons (Fsp3) is 0.917. The minimum absolute atomic E-state index is 0.232. The molecule has 1 aliphatic heterocycles. The maximum atomic E-state index is 10.7. The Morgan fingerprint density at radius 1 is 1.20 bits per heavy atom. The highest BCUT2D eigenvalue weighted by molar-refractivity contribution is 5.53. The minimum Gasteiger partial charge on any atom is -0.303 e. The molecule has 0 aromatic rings. The van der Waals surface area contributed by atoms with E-state index in [0.29, 0.717) is 6.04 Å². The van der Waals surface area contributed by atoms with Crippen LogP contribution in [0.1, 0.15) is 27.2 Å². The van der Waals surface area contributed by atoms with Gasteiger partial charge in [-0.25, -0.2) is 0 Å². The van der Waals surface area contributed by atoms with Crippen molar-refractivity contribution in [2.45, 2.75) is 33.2 Å². The van der Waals surface area contributed by atoms with Crippen molar-refractivity contribution in [1.82, 2.24) is 9.80 Å². The van der Waals surface area contributed by atoms with Gasteiger partial charge in [-0.15, -0.1) is 0 Å². The smallest absolute Gasteiger partial charge is 0.124 e. The van der Waals surface area contributed by atoms with Crippen LogP contribution in [0.5, 0.6) is 0 Å². The lowest BCUT2D eigenvalue weighted by Crippen LogP contribution is -2.49. The number of nitrogens with zero attached hydrogens (tertiary/aromatic N) is 2. The van der Waals surface area contributed by atoms with Gasteiger partial charge in [0.2, 0.25) is 0 Å². The van der Waals surface area contributed by atoms with Crippen LogP contribution in [0.3, 0.4) is 0 Å². The van der Waals surface area contributed by atoms with Crippen molar-refractivity contribution in [1.29, 1.82) is 0 Å². The first-order chi connectivity index (χ1) is 7.17. The molecule has 15 heavy (non-hydrogen) atoms. The first kappa shape index (κ1) is 12.7. The Hall–Kier alpha value is -0.410. The van der Waals surface area contributed by atoms with Crippen LogP contribution in [0.4, 0.5) is 0 Å². The summed E-state index contributed by atoms with van der Waals surface area (Å²) >= 11 is 0. The molecule has 1 fully saturated rings. The van der Waals surface area contributed by atoms with Crippen LogP contribution < -0.4 is 0 Å². The van der Waals surface area contributed by atoms with Gasteiger partial charge in [0.1, 0.15) is 6.29 Å². The fourth-order valence-electron chi connectivity index (χ4n) is 2.06. The third-order valence-electron chi connectivity index (χ3n) is 3.35. The van der Waals surface area contributed by atoms with Gasteiger partial charge in [-0.2, -0.15) is 0 Å². The summed E-state index contributed by atoms with van der Waals surface area (Å²) in [4.78, 5) is 15.7. The molecule has 0 amide bonds. The highest BCUT2D eigenvalue weighted by Crippen LogP contribution is 2.09. The Labute approximate surface area is 93.4 Å². The molecule has 1 aliphatic rings. The Balaban J connectivity index is 2.28. The molecule has 0 aromatic carbocycles. The van der Waals surface area contributed by atoms with Crippen molar-refractivity contribution < 1.29 is 4.79 Å². The summed E-state index contributed by atoms with van der Waals surface area (Å²) in [5.74, 6) is 0.232. The molecule has 88 valence electrons. The van der Waals surface area contributed by atoms with Crippen LogP contribution in [-0.2, 0) is 4.79 Å². The molecule has 1 saturated heterocycles. The van der Waals surface area contributed by atoms with Crippen LogP contribution in [0, 0.1) is 5.92 Å². The molecule has 0 bridgehead atoms. The lowest BCUT2D eigenvalue weighted by atomic mass is 10.1. The van der Waals surface area contributed by atoms with Gasteiger partial charge < -0.3 is 9.69 Å². The molecule has 0 spiro atoms. The predicted molar refractivity (Wildman–Crippen MR) is 63.0 cm³/mol. The van der Waals surface area contributed by atoms with Crippen molar-refractivity contribution in [3.63, 3.8) is 0 Å². The molecular formula is C12H24N2O. The van der Waals surface area contributed by atoms with Gasteiger partial charge in [-0.05, 0) is 20.3 Å². The number of carbonyl (C=O) groups is 1. The van der Waals surface area contributed by atoms with Crippen molar-refractivity contribution in [2.24, 2.45) is 5.92 Å². The van der Waals surface area contributed by atoms with Crippen LogP contribution in [0.15, 0.2) is 0 Å². The number of carbonyl (C=O) groups excluding carboxylic acids is 1. The van der Waals surface area contributed by atoms with Gasteiger partial charge >= 0.3 is 0 Å². The third kappa shape index (κ3) is 3.92. The summed E-state index contributed by atoms with van der Waals surface area (Å²) in [6.07, 6.45) is 2.07. The van der Waals surface area contributed by atoms with E-state index < -0.39 is 0 Å². The molecule has 0 saturated carbocycles. The predicted octanol–water partition coefficient (Wildman–Crippen LogP) is 1.24. The highest BCUT2D eigenvalue weighted by Gasteiger charge is 2.20. The number of hydrogen-bond donors (Lipinski definition) is 0. The monoisotopic (exact) mass is 212 g/mol. The van der Waals surface area contributed by atoms with Gasteiger partial charge in [0.15, 0.2) is 0 Å². The maximum Gasteiger partial charge on any atom is 0.124 e. The van der Waals surface area contributed by atoms with Gasteiger partial charge in [0, 0.05) is 44.7 Å². The molecule has 3 heteroatoms. The van der Waals surface area contributed by atoms with E-state index in [4.69, 9.17) is 0 Å². The average Bonchev–Trinajstić information content (AvgIpc) is 2.26. The van der Waals surface area contributed by atoms with E-state index in [-0.39, 0.29) is 5.92 Å². The zero-order chi connectivity index (χ0) is 11.3. The van der Waals surface area contributed by atoms with Crippen molar-refractivity contribution in [2.75, 3.05) is 32.7 Å². The molecule has 0 aromatic heterocycles. The first-order valence-corrected chi connectivity index (χ1v) is 6.09. The average molecular weight is 212 g/mol. The summed E-state index contributed by atoms with van der Waals surface area (Å²) in [7, 11) is 0. The quantitative estimate of drug-likeness (QED) is 0.641. The van der Waals surface area contributed by atoms with Gasteiger partial charge in [-0.1, -0.05) is 6.92 Å². The molecule has 1 unspecified atom stereocenters. The fourth-order valence-corrected chi connectivity index (χ4v) is 2.06. The highest BCUT2D eigenvalue weighted by atomic mass is 16.1. The maximum absolute atomic E-state index is 10.7. The Kier molecular flexibility index (Phi) is 5.26. The van der Waals surface area contributed by atoms with Gasteiger partial charge in [-0.3, -0.25) is 4.90 Å². The molecule has 1 rings (SSSR count). The van der Waals surface area contributed by atoms with Crippen molar-refractivity contribution in [3.05, 3.63) is 0 Å². The van der Waals surface area contributed by atoms with Gasteiger partial charge in [0.05, 0.1) is 0 Å². The van der Waals surface area contributed by atoms with Crippen molar-refractivity contribution in [3.8, 4) is 0 Å². The van der Waals surface area contributed by atoms with E-state index in [1.807, 2.05) is 0 Å². The molecule has 1 atom stereocenters. The second-order valence-corrected chi connectivity index (χ2v) is 4.73. The summed E-state index contributed by atoms with van der Waals surface area (Å²) in [6.45, 7) is 12.0. The normalized spacial score (nSPS) is 21.9. The molecule has 3 nitrogen and oxygen atoms in total. The number of rotatable bonds is 5. The van der Waals surface area contributed by atoms with E-state index in [1.165, 1.54) is 0 Å². The second-order valence-electron chi connectivity index (χ2n) is 4.73. The molecule has 0 radical (unpaired) electrons. The van der Waals surface area contributed by atoms with Crippen LogP contribution in [-0.4, -0.2) is 54.9 Å². The summed E-state index contributed by atoms with van der Waals surface area (Å²) in [5, 5.41) is 0. The second kappa shape index (κ2) is 6.23. The lowest BCUT2D eigenvalue weighted by Gasteiger charge is -2.37. The van der Waals surface area contributed by atoms with E-state index in [0.717, 1.165) is 45.4 Å². The minimum atomic E-state index is 0.232. The standard InChI is InChI=1S/C12H24N2O/c1-4-12(10-15)9-13-5-7-14(8-6-13)11(2)3/h10-12H,4-9H2,1-3H3. The van der Waals surface area contributed by atoms with E-state index >= 15 is 0 Å². The Bertz CT molecular complexity index is 186. The van der Waals surface area contributed by atoms with E-state index in [9.17, 15) is 4.79 Å². The molecule has 0 aliphatic carbocycles. The largest absolute Gasteiger partial charge is 0.303 e. The lowest BCUT2D eigenvalue weighted by molar-refractivity contribution is -0.111. The summed E-state index contributed by atoms with van der Waals surface area (Å²) in [6, 6.07) is 0.653. The zero-order valence-electron chi connectivity index (χ0n) is 10.3. The third-order valence-corrected chi connectivity index (χ3v) is 3.35. The summed E-state index contributed by atoms with van der Waals surface area (Å²) in [5.41, 5.74) is 0. The zero-order valence-corrected chi connectivity index (χ0v) is 10.3. The first-order valence-electron chi connectivity index (χ1n) is 6.09. The van der Waals surface area contributed by atoms with Gasteiger partial charge in [0.25, 0.3) is 0 Å². The Morgan fingerprint density at radius 2 is 1.80 bits per heavy atom. The number of piperazine rings is 1. The van der Waals surface area contributed by atoms with Crippen molar-refractivity contribution >= 4 is 6.29 Å². The van der Waals surface area contributed by atoms with Crippen LogP contribution >= 0.6 is 0 Å². The SMILES string of the molecule is CCC(C=O)CN1CCN(C(C)C)CC1. The van der Waals surface area contributed by atoms with Crippen LogP contribution in [0.25, 0.3) is 0 Å². The van der Waals surface area contributed by atoms with Crippen LogP contribution in [0.2, 0.25) is 0 Å². The van der Waals surface area contributed by atoms with E-state index in [1.54, 1.807) is 0 Å². The number of hydrogen-bond acceptors (Lipinski definition) is 3. The van der Waals surface area contributed by atoms with E-state index in [2.05, 4.69) is 30.6 Å². The molecule has 1 heterocycles. The topological polar surface area (TPSA) is 23.6 Å². The molecule has 0 N–H and O–H groups in total. The Morgan fingerprint density at radius 3 is 2.20 bits per heavy atom.